The number of carbonyl (C=O) groups is 2. The van der Waals surface area contributed by atoms with Gasteiger partial charge < -0.3 is 19.7 Å². The van der Waals surface area contributed by atoms with Gasteiger partial charge in [0.1, 0.15) is 6.54 Å². The van der Waals surface area contributed by atoms with Crippen LogP contribution in [-0.4, -0.2) is 56.4 Å². The number of rotatable bonds is 5. The zero-order chi connectivity index (χ0) is 25.0. The highest BCUT2D eigenvalue weighted by molar-refractivity contribution is 7.99. The van der Waals surface area contributed by atoms with Crippen LogP contribution in [0.2, 0.25) is 5.02 Å². The van der Waals surface area contributed by atoms with Crippen LogP contribution in [0.15, 0.2) is 46.2 Å². The number of fused-ring (bicyclic) bond motifs is 1. The van der Waals surface area contributed by atoms with E-state index in [9.17, 15) is 33.0 Å². The minimum absolute atomic E-state index is 0.00171. The summed E-state index contributed by atoms with van der Waals surface area (Å²) in [7, 11) is 0. The van der Waals surface area contributed by atoms with Crippen LogP contribution in [0.5, 0.6) is 0 Å². The van der Waals surface area contributed by atoms with E-state index in [1.54, 1.807) is 25.1 Å². The highest BCUT2D eigenvalue weighted by Crippen LogP contribution is 2.41. The lowest BCUT2D eigenvalue weighted by molar-refractivity contribution is -0.297. The van der Waals surface area contributed by atoms with Gasteiger partial charge in [-0.05, 0) is 37.3 Å². The fourth-order valence-electron chi connectivity index (χ4n) is 3.79. The van der Waals surface area contributed by atoms with Gasteiger partial charge in [-0.25, -0.2) is 9.18 Å². The van der Waals surface area contributed by atoms with Gasteiger partial charge in [-0.3, -0.25) is 4.79 Å². The number of β-amino-alcohol motifs (C(OH)–C–C–N with tert-alkyl or cyclic N) is 1. The summed E-state index contributed by atoms with van der Waals surface area (Å²) in [4.78, 5) is 25.9. The molecule has 0 radical (unpaired) electrons. The van der Waals surface area contributed by atoms with E-state index in [2.05, 4.69) is 0 Å². The van der Waals surface area contributed by atoms with E-state index >= 15 is 4.39 Å². The SMILES string of the molecule is Cc1c(Sc2cccc(C(=O)O)c2)c2ccc(Cl)c(F)c2n1CC(=O)N1CC(O)(C(F)(F)F)C1. The predicted molar refractivity (Wildman–Crippen MR) is 117 cm³/mol. The molecule has 2 heterocycles. The number of hydrogen-bond acceptors (Lipinski definition) is 4. The van der Waals surface area contributed by atoms with Crippen LogP contribution >= 0.6 is 23.4 Å². The number of hydrogen-bond donors (Lipinski definition) is 2. The van der Waals surface area contributed by atoms with Crippen molar-refractivity contribution in [3.05, 3.63) is 58.5 Å². The van der Waals surface area contributed by atoms with E-state index in [0.29, 0.717) is 20.9 Å². The first-order chi connectivity index (χ1) is 15.8. The van der Waals surface area contributed by atoms with Crippen molar-refractivity contribution in [2.45, 2.75) is 35.0 Å². The van der Waals surface area contributed by atoms with Crippen molar-refractivity contribution in [2.75, 3.05) is 13.1 Å². The minimum Gasteiger partial charge on any atom is -0.478 e. The van der Waals surface area contributed by atoms with Gasteiger partial charge >= 0.3 is 12.1 Å². The fraction of sp³-hybridized carbons (Fsp3) is 0.273. The molecule has 6 nitrogen and oxygen atoms in total. The number of halogens is 5. The average molecular weight is 517 g/mol. The molecular weight excluding hydrogens is 500 g/mol. The standard InChI is InChI=1S/C22H17ClF4N2O4S/c1-11-19(34-13-4-2-3-12(7-13)20(31)32)14-5-6-15(23)17(24)18(14)29(11)8-16(30)28-9-21(33,10-28)22(25,26)27/h2-7,33H,8-10H2,1H3,(H,31,32). The lowest BCUT2D eigenvalue weighted by Gasteiger charge is -2.46. The quantitative estimate of drug-likeness (QED) is 0.479. The Kier molecular flexibility index (Phi) is 6.07. The first-order valence-electron chi connectivity index (χ1n) is 9.87. The Morgan fingerprint density at radius 3 is 2.50 bits per heavy atom. The summed E-state index contributed by atoms with van der Waals surface area (Å²) in [6.45, 7) is -0.657. The zero-order valence-corrected chi connectivity index (χ0v) is 19.1. The largest absolute Gasteiger partial charge is 0.478 e. The van der Waals surface area contributed by atoms with Crippen molar-refractivity contribution in [2.24, 2.45) is 0 Å². The van der Waals surface area contributed by atoms with Crippen LogP contribution in [0, 0.1) is 12.7 Å². The van der Waals surface area contributed by atoms with E-state index in [4.69, 9.17) is 11.6 Å². The molecule has 2 N–H and O–H groups in total. The second-order valence-corrected chi connectivity index (χ2v) is 9.46. The molecule has 1 aliphatic heterocycles. The Labute approximate surface area is 199 Å². The molecule has 0 bridgehead atoms. The van der Waals surface area contributed by atoms with Gasteiger partial charge in [0.15, 0.2) is 11.4 Å². The maximum atomic E-state index is 15.0. The second-order valence-electron chi connectivity index (χ2n) is 7.97. The number of carboxylic acid groups (broad SMARTS) is 1. The third-order valence-electron chi connectivity index (χ3n) is 5.70. The summed E-state index contributed by atoms with van der Waals surface area (Å²) in [5, 5.41) is 19.1. The molecule has 1 fully saturated rings. The number of likely N-dealkylation sites (tertiary alicyclic amines) is 1. The lowest BCUT2D eigenvalue weighted by atomic mass is 9.93. The first kappa shape index (κ1) is 24.4. The molecule has 34 heavy (non-hydrogen) atoms. The van der Waals surface area contributed by atoms with E-state index in [0.717, 1.165) is 16.7 Å². The summed E-state index contributed by atoms with van der Waals surface area (Å²) >= 11 is 7.11. The molecule has 12 heteroatoms. The third kappa shape index (κ3) is 4.12. The maximum Gasteiger partial charge on any atom is 0.420 e. The highest BCUT2D eigenvalue weighted by Gasteiger charge is 2.62. The number of benzene rings is 2. The van der Waals surface area contributed by atoms with Crippen molar-refractivity contribution >= 4 is 46.1 Å². The number of aliphatic hydroxyl groups is 1. The van der Waals surface area contributed by atoms with Crippen LogP contribution in [0.25, 0.3) is 10.9 Å². The average Bonchev–Trinajstić information content (AvgIpc) is 2.99. The summed E-state index contributed by atoms with van der Waals surface area (Å²) in [5.74, 6) is -2.63. The van der Waals surface area contributed by atoms with Crippen molar-refractivity contribution in [1.82, 2.24) is 9.47 Å². The van der Waals surface area contributed by atoms with Crippen LogP contribution < -0.4 is 0 Å². The molecule has 0 spiro atoms. The molecule has 3 aromatic rings. The van der Waals surface area contributed by atoms with Gasteiger partial charge in [0, 0.05) is 20.9 Å². The summed E-state index contributed by atoms with van der Waals surface area (Å²) in [5.41, 5.74) is -2.45. The number of amides is 1. The molecule has 180 valence electrons. The molecule has 0 atom stereocenters. The van der Waals surface area contributed by atoms with Crippen molar-refractivity contribution in [3.63, 3.8) is 0 Å². The van der Waals surface area contributed by atoms with Crippen LogP contribution in [0.1, 0.15) is 16.1 Å². The molecular formula is C22H17ClF4N2O4S. The van der Waals surface area contributed by atoms with E-state index in [1.807, 2.05) is 0 Å². The Balaban J connectivity index is 1.70. The Morgan fingerprint density at radius 2 is 1.88 bits per heavy atom. The number of alkyl halides is 3. The Bertz CT molecular complexity index is 1320. The van der Waals surface area contributed by atoms with Crippen LogP contribution in [-0.2, 0) is 11.3 Å². The molecule has 0 unspecified atom stereocenters. The highest BCUT2D eigenvalue weighted by atomic mass is 35.5. The van der Waals surface area contributed by atoms with Gasteiger partial charge in [0.2, 0.25) is 5.91 Å². The number of aromatic carboxylic acids is 1. The maximum absolute atomic E-state index is 15.0. The smallest absolute Gasteiger partial charge is 0.420 e. The van der Waals surface area contributed by atoms with Gasteiger partial charge in [-0.1, -0.05) is 29.4 Å². The van der Waals surface area contributed by atoms with Gasteiger partial charge in [0.25, 0.3) is 0 Å². The molecule has 1 saturated heterocycles. The lowest BCUT2D eigenvalue weighted by Crippen LogP contribution is -2.70. The number of nitrogens with zero attached hydrogens (tertiary/aromatic N) is 2. The third-order valence-corrected chi connectivity index (χ3v) is 7.20. The van der Waals surface area contributed by atoms with Crippen molar-refractivity contribution < 1.29 is 37.4 Å². The van der Waals surface area contributed by atoms with Gasteiger partial charge in [-0.2, -0.15) is 13.2 Å². The Morgan fingerprint density at radius 1 is 1.21 bits per heavy atom. The van der Waals surface area contributed by atoms with Crippen LogP contribution in [0.4, 0.5) is 17.6 Å². The number of carboxylic acids is 1. The van der Waals surface area contributed by atoms with E-state index in [-0.39, 0.29) is 16.1 Å². The van der Waals surface area contributed by atoms with Crippen molar-refractivity contribution in [3.8, 4) is 0 Å². The molecule has 0 aliphatic carbocycles. The zero-order valence-electron chi connectivity index (χ0n) is 17.5. The monoisotopic (exact) mass is 516 g/mol. The minimum atomic E-state index is -4.87. The van der Waals surface area contributed by atoms with Gasteiger partial charge in [-0.15, -0.1) is 0 Å². The number of aromatic nitrogens is 1. The van der Waals surface area contributed by atoms with Crippen molar-refractivity contribution in [1.29, 1.82) is 0 Å². The molecule has 0 saturated carbocycles. The molecule has 1 aromatic heterocycles. The Hall–Kier alpha value is -2.76. The molecule has 1 amide bonds. The topological polar surface area (TPSA) is 82.8 Å². The van der Waals surface area contributed by atoms with Gasteiger partial charge in [0.05, 0.1) is 29.2 Å². The van der Waals surface area contributed by atoms with Crippen LogP contribution in [0.3, 0.4) is 0 Å². The summed E-state index contributed by atoms with van der Waals surface area (Å²) in [6, 6.07) is 9.02. The number of carbonyl (C=O) groups excluding carboxylic acids is 1. The fourth-order valence-corrected chi connectivity index (χ4v) is 5.04. The first-order valence-corrected chi connectivity index (χ1v) is 11.1. The normalized spacial score (nSPS) is 15.4. The van der Waals surface area contributed by atoms with E-state index in [1.165, 1.54) is 22.8 Å². The second kappa shape index (κ2) is 8.47. The summed E-state index contributed by atoms with van der Waals surface area (Å²) < 4.78 is 55.1. The van der Waals surface area contributed by atoms with E-state index < -0.39 is 49.1 Å². The molecule has 4 rings (SSSR count). The molecule has 2 aromatic carbocycles. The summed E-state index contributed by atoms with van der Waals surface area (Å²) in [6.07, 6.45) is -4.87. The molecule has 1 aliphatic rings. The predicted octanol–water partition coefficient (Wildman–Crippen LogP) is 4.73.